The molecule has 3 heterocycles. The molecule has 0 spiro atoms. The molecule has 2 bridgehead atoms. The maximum Gasteiger partial charge on any atom is 0.310 e. The van der Waals surface area contributed by atoms with Gasteiger partial charge in [-0.3, -0.25) is 9.59 Å². The van der Waals surface area contributed by atoms with Crippen molar-refractivity contribution in [2.45, 2.75) is 30.4 Å². The van der Waals surface area contributed by atoms with Crippen LogP contribution in [-0.2, 0) is 28.5 Å². The number of rotatable bonds is 4. The van der Waals surface area contributed by atoms with Crippen molar-refractivity contribution in [3.63, 3.8) is 0 Å². The number of fused-ring (bicyclic) bond motifs is 5. The average molecular weight is 309 g/mol. The van der Waals surface area contributed by atoms with Crippen LogP contribution in [0.3, 0.4) is 0 Å². The van der Waals surface area contributed by atoms with E-state index in [1.165, 1.54) is 7.11 Å². The summed E-state index contributed by atoms with van der Waals surface area (Å²) in [6.07, 6.45) is -3.17. The molecule has 0 aromatic rings. The standard InChI is InChI=1S/C11H13ClO8/c1-17-11(2-12)19-7-5-3(9(13)14)4(10(15)16)6(18-5)8(7)20-11/h3-8H,2H2,1H3,(H,13,14)(H,15,16)/t3?,4?,5-,6?,7+,8?,11?/m0/s1. The minimum absolute atomic E-state index is 0.120. The smallest absolute Gasteiger partial charge is 0.310 e. The molecule has 20 heavy (non-hydrogen) atoms. The highest BCUT2D eigenvalue weighted by Crippen LogP contribution is 2.51. The monoisotopic (exact) mass is 308 g/mol. The summed E-state index contributed by atoms with van der Waals surface area (Å²) in [5.41, 5.74) is 0. The molecule has 0 radical (unpaired) electrons. The van der Waals surface area contributed by atoms with Crippen molar-refractivity contribution in [3.8, 4) is 0 Å². The molecule has 0 aromatic carbocycles. The zero-order valence-corrected chi connectivity index (χ0v) is 11.1. The Balaban J connectivity index is 1.91. The third-order valence-corrected chi connectivity index (χ3v) is 4.38. The normalized spacial score (nSPS) is 49.3. The van der Waals surface area contributed by atoms with E-state index in [2.05, 4.69) is 0 Å². The summed E-state index contributed by atoms with van der Waals surface area (Å²) < 4.78 is 21.6. The Hall–Kier alpha value is -0.930. The number of ether oxygens (including phenoxy) is 4. The van der Waals surface area contributed by atoms with Gasteiger partial charge in [0.1, 0.15) is 42.1 Å². The molecule has 3 rings (SSSR count). The van der Waals surface area contributed by atoms with E-state index in [1.807, 2.05) is 0 Å². The molecule has 0 aliphatic carbocycles. The first-order chi connectivity index (χ1) is 9.44. The summed E-state index contributed by atoms with van der Waals surface area (Å²) in [5, 5.41) is 18.4. The van der Waals surface area contributed by atoms with Gasteiger partial charge < -0.3 is 29.2 Å². The summed E-state index contributed by atoms with van der Waals surface area (Å²) >= 11 is 5.74. The maximum absolute atomic E-state index is 11.3. The van der Waals surface area contributed by atoms with Gasteiger partial charge in [0.25, 0.3) is 5.97 Å². The van der Waals surface area contributed by atoms with E-state index in [9.17, 15) is 19.8 Å². The fourth-order valence-corrected chi connectivity index (χ4v) is 3.44. The Kier molecular flexibility index (Phi) is 3.18. The predicted molar refractivity (Wildman–Crippen MR) is 61.1 cm³/mol. The largest absolute Gasteiger partial charge is 0.481 e. The van der Waals surface area contributed by atoms with E-state index in [1.54, 1.807) is 0 Å². The molecule has 7 atom stereocenters. The minimum atomic E-state index is -1.48. The number of carbonyl (C=O) groups is 2. The molecule has 0 aromatic heterocycles. The van der Waals surface area contributed by atoms with Gasteiger partial charge in [-0.2, -0.15) is 0 Å². The predicted octanol–water partition coefficient (Wildman–Crippen LogP) is -0.508. The molecule has 3 saturated heterocycles. The van der Waals surface area contributed by atoms with E-state index in [-0.39, 0.29) is 5.88 Å². The first-order valence-corrected chi connectivity index (χ1v) is 6.55. The number of methoxy groups -OCH3 is 1. The van der Waals surface area contributed by atoms with E-state index in [0.717, 1.165) is 0 Å². The molecule has 0 amide bonds. The molecule has 9 heteroatoms. The van der Waals surface area contributed by atoms with Gasteiger partial charge in [0.05, 0.1) is 0 Å². The summed E-state index contributed by atoms with van der Waals surface area (Å²) in [6.45, 7) is 0. The highest BCUT2D eigenvalue weighted by molar-refractivity contribution is 6.18. The fourth-order valence-electron chi connectivity index (χ4n) is 3.21. The van der Waals surface area contributed by atoms with Crippen LogP contribution in [0.15, 0.2) is 0 Å². The van der Waals surface area contributed by atoms with Crippen LogP contribution in [-0.4, -0.2) is 65.5 Å². The molecule has 3 aliphatic heterocycles. The second-order valence-electron chi connectivity index (χ2n) is 4.98. The van der Waals surface area contributed by atoms with Gasteiger partial charge in [-0.05, 0) is 0 Å². The van der Waals surface area contributed by atoms with Crippen LogP contribution in [0.2, 0.25) is 0 Å². The van der Waals surface area contributed by atoms with Crippen LogP contribution in [0.4, 0.5) is 0 Å². The number of carboxylic acid groups (broad SMARTS) is 2. The van der Waals surface area contributed by atoms with Gasteiger partial charge in [-0.25, -0.2) is 0 Å². The molecule has 3 aliphatic rings. The second-order valence-corrected chi connectivity index (χ2v) is 5.25. The summed E-state index contributed by atoms with van der Waals surface area (Å²) in [5.74, 6) is -6.41. The lowest BCUT2D eigenvalue weighted by Gasteiger charge is -2.27. The summed E-state index contributed by atoms with van der Waals surface area (Å²) in [4.78, 5) is 22.6. The van der Waals surface area contributed by atoms with Gasteiger partial charge in [-0.15, -0.1) is 11.6 Å². The minimum Gasteiger partial charge on any atom is -0.481 e. The Morgan fingerprint density at radius 3 is 1.85 bits per heavy atom. The van der Waals surface area contributed by atoms with Crippen molar-refractivity contribution >= 4 is 23.5 Å². The highest BCUT2D eigenvalue weighted by Gasteiger charge is 2.70. The Labute approximate surface area is 118 Å². The molecule has 2 N–H and O–H groups in total. The molecule has 3 fully saturated rings. The first kappa shape index (κ1) is 14.0. The van der Waals surface area contributed by atoms with E-state index >= 15 is 0 Å². The van der Waals surface area contributed by atoms with Crippen LogP contribution in [0.1, 0.15) is 0 Å². The molecule has 5 unspecified atom stereocenters. The zero-order chi connectivity index (χ0) is 14.7. The third-order valence-electron chi connectivity index (χ3n) is 4.06. The maximum atomic E-state index is 11.3. The van der Waals surface area contributed by atoms with E-state index in [4.69, 9.17) is 30.5 Å². The average Bonchev–Trinajstić information content (AvgIpc) is 3.05. The molecule has 8 nitrogen and oxygen atoms in total. The van der Waals surface area contributed by atoms with Gasteiger partial charge in [-0.1, -0.05) is 0 Å². The Morgan fingerprint density at radius 2 is 1.55 bits per heavy atom. The first-order valence-electron chi connectivity index (χ1n) is 6.02. The number of halogens is 1. The SMILES string of the molecule is COC1(CCl)OC2C3O[C@@H](C(C(=O)O)C3C(=O)O)[C@H]2O1. The zero-order valence-electron chi connectivity index (χ0n) is 10.4. The number of aliphatic carboxylic acids is 2. The van der Waals surface area contributed by atoms with Crippen LogP contribution in [0.5, 0.6) is 0 Å². The van der Waals surface area contributed by atoms with Gasteiger partial charge in [0.15, 0.2) is 0 Å². The van der Waals surface area contributed by atoms with Crippen molar-refractivity contribution in [1.82, 2.24) is 0 Å². The third kappa shape index (κ3) is 1.69. The molecule has 112 valence electrons. The second kappa shape index (κ2) is 4.54. The fraction of sp³-hybridized carbons (Fsp3) is 0.818. The van der Waals surface area contributed by atoms with Crippen molar-refractivity contribution in [1.29, 1.82) is 0 Å². The number of alkyl halides is 1. The van der Waals surface area contributed by atoms with Crippen molar-refractivity contribution in [2.24, 2.45) is 11.8 Å². The Bertz CT molecular complexity index is 414. The molecular weight excluding hydrogens is 296 g/mol. The topological polar surface area (TPSA) is 112 Å². The van der Waals surface area contributed by atoms with Gasteiger partial charge in [0, 0.05) is 7.11 Å². The van der Waals surface area contributed by atoms with Crippen LogP contribution in [0.25, 0.3) is 0 Å². The van der Waals surface area contributed by atoms with Crippen molar-refractivity contribution in [3.05, 3.63) is 0 Å². The summed E-state index contributed by atoms with van der Waals surface area (Å²) in [7, 11) is 1.34. The van der Waals surface area contributed by atoms with Crippen LogP contribution >= 0.6 is 11.6 Å². The number of hydrogen-bond acceptors (Lipinski definition) is 6. The van der Waals surface area contributed by atoms with Gasteiger partial charge >= 0.3 is 11.9 Å². The summed E-state index contributed by atoms with van der Waals surface area (Å²) in [6, 6.07) is 0. The van der Waals surface area contributed by atoms with Crippen molar-refractivity contribution in [2.75, 3.05) is 13.0 Å². The lowest BCUT2D eigenvalue weighted by molar-refractivity contribution is -0.327. The van der Waals surface area contributed by atoms with Crippen LogP contribution in [0, 0.1) is 11.8 Å². The van der Waals surface area contributed by atoms with E-state index in [0.29, 0.717) is 0 Å². The molecular formula is C11H13ClO8. The van der Waals surface area contributed by atoms with Crippen LogP contribution < -0.4 is 0 Å². The number of hydrogen-bond donors (Lipinski definition) is 2. The number of carboxylic acids is 2. The van der Waals surface area contributed by atoms with E-state index < -0.39 is 54.2 Å². The van der Waals surface area contributed by atoms with Gasteiger partial charge in [0.2, 0.25) is 0 Å². The van der Waals surface area contributed by atoms with Crippen molar-refractivity contribution < 1.29 is 38.7 Å². The molecule has 0 saturated carbocycles. The lowest BCUT2D eigenvalue weighted by atomic mass is 9.76. The lowest BCUT2D eigenvalue weighted by Crippen LogP contribution is -2.50. The highest BCUT2D eigenvalue weighted by atomic mass is 35.5. The quantitative estimate of drug-likeness (QED) is 0.668. The Morgan fingerprint density at radius 1 is 1.10 bits per heavy atom.